The number of morpholine rings is 1. The van der Waals surface area contributed by atoms with Gasteiger partial charge in [0.15, 0.2) is 0 Å². The average Bonchev–Trinajstić information content (AvgIpc) is 2.69. The monoisotopic (exact) mass is 444 g/mol. The van der Waals surface area contributed by atoms with Crippen molar-refractivity contribution in [3.05, 3.63) is 46.0 Å². The topological polar surface area (TPSA) is 103 Å². The first-order valence-corrected chi connectivity index (χ1v) is 9.76. The van der Waals surface area contributed by atoms with Crippen molar-refractivity contribution in [2.45, 2.75) is 13.3 Å². The molecule has 0 bridgehead atoms. The fourth-order valence-corrected chi connectivity index (χ4v) is 3.23. The van der Waals surface area contributed by atoms with Gasteiger partial charge in [-0.3, -0.25) is 4.79 Å². The Morgan fingerprint density at radius 2 is 2.39 bits per heavy atom. The number of dihydropyridines is 1. The van der Waals surface area contributed by atoms with E-state index in [1.54, 1.807) is 11.1 Å². The summed E-state index contributed by atoms with van der Waals surface area (Å²) in [5.74, 6) is 0.482. The smallest absolute Gasteiger partial charge is 0.248 e. The van der Waals surface area contributed by atoms with E-state index in [9.17, 15) is 10.1 Å². The highest BCUT2D eigenvalue weighted by Gasteiger charge is 2.18. The van der Waals surface area contributed by atoms with Crippen LogP contribution in [0.4, 0.5) is 5.95 Å². The number of nitriles is 1. The molecule has 28 heavy (non-hydrogen) atoms. The summed E-state index contributed by atoms with van der Waals surface area (Å²) in [4.78, 5) is 22.4. The van der Waals surface area contributed by atoms with E-state index in [0.29, 0.717) is 49.2 Å². The molecule has 146 valence electrons. The Hall–Kier alpha value is -2.70. The first kappa shape index (κ1) is 20.0. The Morgan fingerprint density at radius 3 is 3.14 bits per heavy atom. The van der Waals surface area contributed by atoms with Crippen molar-refractivity contribution in [3.8, 4) is 6.07 Å². The lowest BCUT2D eigenvalue weighted by Gasteiger charge is -2.26. The van der Waals surface area contributed by atoms with Crippen LogP contribution in [-0.2, 0) is 9.53 Å². The molecule has 3 heterocycles. The van der Waals surface area contributed by atoms with Gasteiger partial charge in [0.1, 0.15) is 18.2 Å². The second kappa shape index (κ2) is 9.48. The standard InChI is InChI=1S/C19H21BrN6O2/c1-13-11-23-19(22-6-3-7-26-8-9-28-12-17(26)27)25-18(13)14(10-21)15-4-2-5-16(20)24-15/h2,4-5,11,24H,3,6-9,12H2,1H3,(H,22,23,25)/b15-14-. The summed E-state index contributed by atoms with van der Waals surface area (Å²) in [7, 11) is 0. The second-order valence-corrected chi connectivity index (χ2v) is 7.19. The zero-order valence-corrected chi connectivity index (χ0v) is 17.1. The van der Waals surface area contributed by atoms with E-state index < -0.39 is 0 Å². The minimum absolute atomic E-state index is 0.0265. The second-order valence-electron chi connectivity index (χ2n) is 6.34. The third-order valence-electron chi connectivity index (χ3n) is 4.32. The van der Waals surface area contributed by atoms with Gasteiger partial charge in [0.2, 0.25) is 11.9 Å². The molecule has 2 N–H and O–H groups in total. The van der Waals surface area contributed by atoms with Gasteiger partial charge in [-0.2, -0.15) is 5.26 Å². The van der Waals surface area contributed by atoms with Crippen molar-refractivity contribution in [1.82, 2.24) is 20.2 Å². The fraction of sp³-hybridized carbons (Fsp3) is 0.368. The number of nitrogens with zero attached hydrogens (tertiary/aromatic N) is 4. The van der Waals surface area contributed by atoms with Crippen LogP contribution < -0.4 is 10.6 Å². The van der Waals surface area contributed by atoms with E-state index in [1.807, 2.05) is 25.2 Å². The minimum Gasteiger partial charge on any atom is -0.370 e. The van der Waals surface area contributed by atoms with Crippen LogP contribution >= 0.6 is 15.9 Å². The summed E-state index contributed by atoms with van der Waals surface area (Å²) in [6.45, 7) is 4.54. The number of carbonyl (C=O) groups is 1. The number of allylic oxidation sites excluding steroid dienone is 4. The first-order valence-electron chi connectivity index (χ1n) is 8.97. The van der Waals surface area contributed by atoms with Crippen molar-refractivity contribution < 1.29 is 9.53 Å². The summed E-state index contributed by atoms with van der Waals surface area (Å²) in [6, 6.07) is 2.24. The number of rotatable bonds is 6. The molecule has 1 amide bonds. The lowest BCUT2D eigenvalue weighted by atomic mass is 10.1. The maximum Gasteiger partial charge on any atom is 0.248 e. The molecule has 1 fully saturated rings. The molecule has 0 saturated carbocycles. The molecule has 8 nitrogen and oxygen atoms in total. The van der Waals surface area contributed by atoms with Gasteiger partial charge in [-0.05, 0) is 47.0 Å². The third-order valence-corrected chi connectivity index (χ3v) is 4.78. The molecule has 0 radical (unpaired) electrons. The van der Waals surface area contributed by atoms with Gasteiger partial charge >= 0.3 is 0 Å². The average molecular weight is 445 g/mol. The van der Waals surface area contributed by atoms with Crippen LogP contribution in [0.1, 0.15) is 17.7 Å². The number of hydrogen-bond acceptors (Lipinski definition) is 7. The van der Waals surface area contributed by atoms with Crippen LogP contribution in [0.2, 0.25) is 0 Å². The van der Waals surface area contributed by atoms with Crippen molar-refractivity contribution in [2.75, 3.05) is 38.2 Å². The van der Waals surface area contributed by atoms with Crippen molar-refractivity contribution in [2.24, 2.45) is 0 Å². The van der Waals surface area contributed by atoms with Gasteiger partial charge < -0.3 is 20.3 Å². The number of aromatic nitrogens is 2. The molecule has 0 aliphatic carbocycles. The van der Waals surface area contributed by atoms with Crippen LogP contribution in [0, 0.1) is 18.3 Å². The number of aryl methyl sites for hydroxylation is 1. The van der Waals surface area contributed by atoms with Crippen LogP contribution in [0.15, 0.2) is 34.7 Å². The lowest BCUT2D eigenvalue weighted by Crippen LogP contribution is -2.42. The largest absolute Gasteiger partial charge is 0.370 e. The van der Waals surface area contributed by atoms with Gasteiger partial charge in [0.05, 0.1) is 22.6 Å². The Labute approximate surface area is 172 Å². The van der Waals surface area contributed by atoms with E-state index in [1.165, 1.54) is 0 Å². The molecule has 1 saturated heterocycles. The summed E-state index contributed by atoms with van der Waals surface area (Å²) < 4.78 is 5.91. The fourth-order valence-electron chi connectivity index (χ4n) is 2.86. The van der Waals surface area contributed by atoms with E-state index in [0.717, 1.165) is 16.6 Å². The molecule has 0 spiro atoms. The molecule has 2 aliphatic heterocycles. The highest BCUT2D eigenvalue weighted by molar-refractivity contribution is 9.11. The predicted molar refractivity (Wildman–Crippen MR) is 109 cm³/mol. The van der Waals surface area contributed by atoms with Crippen LogP contribution in [-0.4, -0.2) is 53.6 Å². The molecule has 9 heteroatoms. The summed E-state index contributed by atoms with van der Waals surface area (Å²) in [5.41, 5.74) is 2.52. The summed E-state index contributed by atoms with van der Waals surface area (Å²) in [6.07, 6.45) is 8.02. The quantitative estimate of drug-likeness (QED) is 0.393. The summed E-state index contributed by atoms with van der Waals surface area (Å²) >= 11 is 3.39. The van der Waals surface area contributed by atoms with Gasteiger partial charge in [0, 0.05) is 25.8 Å². The van der Waals surface area contributed by atoms with E-state index in [2.05, 4.69) is 42.6 Å². The zero-order chi connectivity index (χ0) is 19.9. The van der Waals surface area contributed by atoms with Gasteiger partial charge in [0.25, 0.3) is 0 Å². The predicted octanol–water partition coefficient (Wildman–Crippen LogP) is 2.08. The number of nitrogens with one attached hydrogen (secondary N) is 2. The molecular formula is C19H21BrN6O2. The van der Waals surface area contributed by atoms with Gasteiger partial charge in [-0.15, -0.1) is 0 Å². The van der Waals surface area contributed by atoms with Gasteiger partial charge in [-0.25, -0.2) is 9.97 Å². The number of amides is 1. The first-order chi connectivity index (χ1) is 13.6. The normalized spacial score (nSPS) is 18.2. The zero-order valence-electron chi connectivity index (χ0n) is 15.5. The van der Waals surface area contributed by atoms with E-state index >= 15 is 0 Å². The number of hydrogen-bond donors (Lipinski definition) is 2. The molecule has 3 rings (SSSR count). The Morgan fingerprint density at radius 1 is 1.54 bits per heavy atom. The number of ether oxygens (including phenoxy) is 1. The van der Waals surface area contributed by atoms with Crippen LogP contribution in [0.3, 0.4) is 0 Å². The number of carbonyl (C=O) groups excluding carboxylic acids is 1. The van der Waals surface area contributed by atoms with Gasteiger partial charge in [-0.1, -0.05) is 6.08 Å². The highest BCUT2D eigenvalue weighted by Crippen LogP contribution is 2.23. The Kier molecular flexibility index (Phi) is 6.79. The highest BCUT2D eigenvalue weighted by atomic mass is 79.9. The molecule has 1 aromatic rings. The Bertz CT molecular complexity index is 887. The lowest BCUT2D eigenvalue weighted by molar-refractivity contribution is -0.142. The molecule has 0 unspecified atom stereocenters. The minimum atomic E-state index is 0.0265. The molecule has 0 atom stereocenters. The van der Waals surface area contributed by atoms with E-state index in [-0.39, 0.29) is 12.5 Å². The van der Waals surface area contributed by atoms with Crippen molar-refractivity contribution in [3.63, 3.8) is 0 Å². The van der Waals surface area contributed by atoms with Crippen molar-refractivity contribution in [1.29, 1.82) is 5.26 Å². The molecule has 2 aliphatic rings. The summed E-state index contributed by atoms with van der Waals surface area (Å²) in [5, 5.41) is 16.0. The maximum atomic E-state index is 11.7. The molecule has 0 aromatic carbocycles. The molecule has 1 aromatic heterocycles. The molecular weight excluding hydrogens is 424 g/mol. The third kappa shape index (κ3) is 4.97. The SMILES string of the molecule is Cc1cnc(NCCCN2CCOCC2=O)nc1/C(C#N)=C1/C=CC=C(Br)N1. The number of anilines is 1. The number of halogens is 1. The van der Waals surface area contributed by atoms with E-state index in [4.69, 9.17) is 4.74 Å². The maximum absolute atomic E-state index is 11.7. The van der Waals surface area contributed by atoms with Crippen LogP contribution in [0.25, 0.3) is 5.57 Å². The van der Waals surface area contributed by atoms with Crippen molar-refractivity contribution >= 4 is 33.4 Å². The van der Waals surface area contributed by atoms with Crippen LogP contribution in [0.5, 0.6) is 0 Å². The Balaban J connectivity index is 1.65.